The summed E-state index contributed by atoms with van der Waals surface area (Å²) in [6.07, 6.45) is 0.0908. The van der Waals surface area contributed by atoms with Crippen LogP contribution in [-0.4, -0.2) is 56.5 Å². The second kappa shape index (κ2) is 14.4. The van der Waals surface area contributed by atoms with Gasteiger partial charge in [0.15, 0.2) is 0 Å². The van der Waals surface area contributed by atoms with Crippen LogP contribution in [0.2, 0.25) is 0 Å². The van der Waals surface area contributed by atoms with Crippen molar-refractivity contribution in [1.82, 2.24) is 10.2 Å². The first-order valence-corrected chi connectivity index (χ1v) is 14.1. The van der Waals surface area contributed by atoms with E-state index in [-0.39, 0.29) is 48.3 Å². The molecule has 43 heavy (non-hydrogen) atoms. The van der Waals surface area contributed by atoms with E-state index in [9.17, 15) is 29.4 Å². The van der Waals surface area contributed by atoms with Crippen molar-refractivity contribution in [2.45, 2.75) is 44.9 Å². The third-order valence-electron chi connectivity index (χ3n) is 7.20. The zero-order valence-electron chi connectivity index (χ0n) is 23.5. The molecule has 0 radical (unpaired) electrons. The Morgan fingerprint density at radius 1 is 0.977 bits per heavy atom. The second-order valence-electron chi connectivity index (χ2n) is 10.2. The maximum absolute atomic E-state index is 13.3. The molecule has 0 bridgehead atoms. The summed E-state index contributed by atoms with van der Waals surface area (Å²) in [7, 11) is 0. The second-order valence-corrected chi connectivity index (χ2v) is 10.6. The molecule has 4 rings (SSSR count). The lowest BCUT2D eigenvalue weighted by Gasteiger charge is -2.29. The SMILES string of the molecule is CC(=O)C(Cc1ccc(OC(=O)OCc2ccccc2)cc1)C(=S)NCC(=O)N1C(c2cccc(O)c2)CC[C@H]1C(=O)O. The number of carbonyl (C=O) groups is 4. The number of phenolic OH excluding ortho intramolecular Hbond substituents is 1. The van der Waals surface area contributed by atoms with E-state index in [0.29, 0.717) is 12.0 Å². The number of hydrogen-bond donors (Lipinski definition) is 3. The molecule has 3 aromatic carbocycles. The molecule has 0 aromatic heterocycles. The van der Waals surface area contributed by atoms with Gasteiger partial charge in [-0.15, -0.1) is 0 Å². The first-order valence-electron chi connectivity index (χ1n) is 13.7. The number of carboxylic acid groups (broad SMARTS) is 1. The summed E-state index contributed by atoms with van der Waals surface area (Å²) in [5.74, 6) is -2.25. The van der Waals surface area contributed by atoms with E-state index in [2.05, 4.69) is 5.32 Å². The predicted octanol–water partition coefficient (Wildman–Crippen LogP) is 4.59. The van der Waals surface area contributed by atoms with Gasteiger partial charge < -0.3 is 29.9 Å². The number of phenols is 1. The van der Waals surface area contributed by atoms with Crippen molar-refractivity contribution >= 4 is 41.0 Å². The molecule has 1 amide bonds. The molecule has 1 fully saturated rings. The lowest BCUT2D eigenvalue weighted by Crippen LogP contribution is -2.47. The molecule has 11 heteroatoms. The van der Waals surface area contributed by atoms with Gasteiger partial charge in [0, 0.05) is 0 Å². The summed E-state index contributed by atoms with van der Waals surface area (Å²) in [5.41, 5.74) is 2.21. The fraction of sp³-hybridized carbons (Fsp3) is 0.281. The molecular weight excluding hydrogens is 572 g/mol. The predicted molar refractivity (Wildman–Crippen MR) is 161 cm³/mol. The van der Waals surface area contributed by atoms with Crippen LogP contribution in [0, 0.1) is 5.92 Å². The Hall–Kier alpha value is -4.77. The summed E-state index contributed by atoms with van der Waals surface area (Å²) in [6, 6.07) is 20.6. The van der Waals surface area contributed by atoms with Crippen molar-refractivity contribution in [3.63, 3.8) is 0 Å². The van der Waals surface area contributed by atoms with Crippen molar-refractivity contribution in [2.24, 2.45) is 5.92 Å². The van der Waals surface area contributed by atoms with Gasteiger partial charge in [-0.3, -0.25) is 9.59 Å². The molecule has 224 valence electrons. The molecule has 1 aliphatic rings. The lowest BCUT2D eigenvalue weighted by atomic mass is 9.95. The molecule has 10 nitrogen and oxygen atoms in total. The topological polar surface area (TPSA) is 142 Å². The van der Waals surface area contributed by atoms with E-state index in [1.54, 1.807) is 36.4 Å². The van der Waals surface area contributed by atoms with E-state index < -0.39 is 36.0 Å². The monoisotopic (exact) mass is 604 g/mol. The number of aromatic hydroxyl groups is 1. The zero-order chi connectivity index (χ0) is 30.9. The summed E-state index contributed by atoms with van der Waals surface area (Å²) in [6.45, 7) is 1.19. The Kier molecular flexibility index (Phi) is 10.4. The molecule has 0 aliphatic carbocycles. The van der Waals surface area contributed by atoms with Crippen molar-refractivity contribution in [3.05, 3.63) is 95.6 Å². The Labute approximate surface area is 254 Å². The molecular formula is C32H32N2O8S. The normalized spacial score (nSPS) is 16.6. The van der Waals surface area contributed by atoms with E-state index >= 15 is 0 Å². The highest BCUT2D eigenvalue weighted by atomic mass is 32.1. The van der Waals surface area contributed by atoms with Crippen LogP contribution in [0.5, 0.6) is 11.5 Å². The molecule has 3 atom stereocenters. The number of ether oxygens (including phenoxy) is 2. The Morgan fingerprint density at radius 3 is 2.35 bits per heavy atom. The van der Waals surface area contributed by atoms with Crippen LogP contribution in [0.25, 0.3) is 0 Å². The van der Waals surface area contributed by atoms with Crippen LogP contribution in [0.3, 0.4) is 0 Å². The minimum Gasteiger partial charge on any atom is -0.508 e. The highest BCUT2D eigenvalue weighted by Gasteiger charge is 2.41. The number of benzene rings is 3. The number of hydrogen-bond acceptors (Lipinski definition) is 8. The Bertz CT molecular complexity index is 1480. The van der Waals surface area contributed by atoms with Gasteiger partial charge in [-0.05, 0) is 67.1 Å². The molecule has 1 saturated heterocycles. The molecule has 1 heterocycles. The first-order chi connectivity index (χ1) is 20.6. The number of Topliss-reactive ketones (excluding diaryl/α,β-unsaturated/α-hetero) is 1. The van der Waals surface area contributed by atoms with Gasteiger partial charge in [0.1, 0.15) is 29.9 Å². The summed E-state index contributed by atoms with van der Waals surface area (Å²) in [4.78, 5) is 51.2. The van der Waals surface area contributed by atoms with E-state index in [1.807, 2.05) is 30.3 Å². The van der Waals surface area contributed by atoms with Gasteiger partial charge in [-0.2, -0.15) is 0 Å². The third kappa shape index (κ3) is 8.39. The number of aliphatic carboxylic acids is 1. The lowest BCUT2D eigenvalue weighted by molar-refractivity contribution is -0.149. The number of ketones is 1. The van der Waals surface area contributed by atoms with Crippen molar-refractivity contribution in [1.29, 1.82) is 0 Å². The van der Waals surface area contributed by atoms with Crippen LogP contribution in [0.15, 0.2) is 78.9 Å². The van der Waals surface area contributed by atoms with Crippen molar-refractivity contribution < 1.29 is 38.9 Å². The number of nitrogens with zero attached hydrogens (tertiary/aromatic N) is 1. The van der Waals surface area contributed by atoms with Gasteiger partial charge >= 0.3 is 12.1 Å². The molecule has 0 saturated carbocycles. The van der Waals surface area contributed by atoms with Crippen molar-refractivity contribution in [2.75, 3.05) is 6.54 Å². The van der Waals surface area contributed by atoms with Gasteiger partial charge in [0.05, 0.1) is 23.5 Å². The molecule has 0 spiro atoms. The Morgan fingerprint density at radius 2 is 1.70 bits per heavy atom. The number of amides is 1. The number of rotatable bonds is 11. The molecule has 2 unspecified atom stereocenters. The number of likely N-dealkylation sites (tertiary alicyclic amines) is 1. The number of nitrogens with one attached hydrogen (secondary N) is 1. The largest absolute Gasteiger partial charge is 0.514 e. The van der Waals surface area contributed by atoms with Gasteiger partial charge in [-0.1, -0.05) is 66.8 Å². The highest BCUT2D eigenvalue weighted by molar-refractivity contribution is 7.80. The van der Waals surface area contributed by atoms with Gasteiger partial charge in [-0.25, -0.2) is 9.59 Å². The van der Waals surface area contributed by atoms with Crippen molar-refractivity contribution in [3.8, 4) is 11.5 Å². The average molecular weight is 605 g/mol. The average Bonchev–Trinajstić information content (AvgIpc) is 3.45. The van der Waals surface area contributed by atoms with Crippen LogP contribution in [-0.2, 0) is 32.1 Å². The van der Waals surface area contributed by atoms with Crippen LogP contribution in [0.4, 0.5) is 4.79 Å². The minimum absolute atomic E-state index is 0.0230. The van der Waals surface area contributed by atoms with Crippen LogP contribution < -0.4 is 10.1 Å². The summed E-state index contributed by atoms with van der Waals surface area (Å²) < 4.78 is 10.3. The fourth-order valence-electron chi connectivity index (χ4n) is 5.03. The first kappa shape index (κ1) is 31.2. The van der Waals surface area contributed by atoms with Crippen LogP contribution in [0.1, 0.15) is 42.5 Å². The number of carboxylic acids is 1. The van der Waals surface area contributed by atoms with Gasteiger partial charge in [0.2, 0.25) is 5.91 Å². The molecule has 3 aromatic rings. The zero-order valence-corrected chi connectivity index (χ0v) is 24.3. The summed E-state index contributed by atoms with van der Waals surface area (Å²) in [5, 5.41) is 22.5. The van der Waals surface area contributed by atoms with E-state index in [0.717, 1.165) is 11.1 Å². The summed E-state index contributed by atoms with van der Waals surface area (Å²) >= 11 is 5.48. The smallest absolute Gasteiger partial charge is 0.508 e. The number of carbonyl (C=O) groups excluding carboxylic acids is 3. The maximum Gasteiger partial charge on any atom is 0.514 e. The van der Waals surface area contributed by atoms with E-state index in [1.165, 1.54) is 24.0 Å². The standard InChI is InChI=1S/C32H32N2O8S/c1-20(35)26(16-21-10-12-25(13-11-21)42-32(40)41-19-22-6-3-2-4-7-22)30(43)33-18-29(37)34-27(14-15-28(34)31(38)39)23-8-5-9-24(36)17-23/h2-13,17,26-28,36H,14-16,18-19H2,1H3,(H,33,43)(H,38,39)/t26?,27?,28-/m0/s1. The minimum atomic E-state index is -1.11. The third-order valence-corrected chi connectivity index (χ3v) is 7.63. The maximum atomic E-state index is 13.3. The van der Waals surface area contributed by atoms with Gasteiger partial charge in [0.25, 0.3) is 0 Å². The van der Waals surface area contributed by atoms with E-state index in [4.69, 9.17) is 21.7 Å². The molecule has 1 aliphatic heterocycles. The molecule has 3 N–H and O–H groups in total. The number of thiocarbonyl (C=S) groups is 1. The quantitative estimate of drug-likeness (QED) is 0.162. The fourth-order valence-corrected chi connectivity index (χ4v) is 5.35. The van der Waals surface area contributed by atoms with Crippen LogP contribution >= 0.6 is 12.2 Å². The highest BCUT2D eigenvalue weighted by Crippen LogP contribution is 2.37. The Balaban J connectivity index is 1.33.